The molecular formula is C21H28BrF3N2O2Si. The van der Waals surface area contributed by atoms with E-state index in [1.165, 1.54) is 6.07 Å². The fourth-order valence-corrected chi connectivity index (χ4v) is 4.08. The van der Waals surface area contributed by atoms with Gasteiger partial charge in [0.25, 0.3) is 0 Å². The molecule has 0 fully saturated rings. The number of halogens is 4. The Morgan fingerprint density at radius 2 is 1.77 bits per heavy atom. The minimum Gasteiger partial charge on any atom is -0.417 e. The molecular weight excluding hydrogens is 477 g/mol. The van der Waals surface area contributed by atoms with E-state index < -0.39 is 26.3 Å². The number of aliphatic hydroxyl groups is 1. The van der Waals surface area contributed by atoms with E-state index >= 15 is 0 Å². The van der Waals surface area contributed by atoms with E-state index in [1.807, 2.05) is 0 Å². The monoisotopic (exact) mass is 504 g/mol. The predicted molar refractivity (Wildman–Crippen MR) is 117 cm³/mol. The van der Waals surface area contributed by atoms with Gasteiger partial charge in [0.2, 0.25) is 0 Å². The van der Waals surface area contributed by atoms with Crippen molar-refractivity contribution >= 4 is 24.2 Å². The maximum atomic E-state index is 13.2. The topological polar surface area (TPSA) is 55.2 Å². The van der Waals surface area contributed by atoms with E-state index in [9.17, 15) is 18.3 Å². The molecule has 4 nitrogen and oxygen atoms in total. The molecule has 0 spiro atoms. The van der Waals surface area contributed by atoms with Gasteiger partial charge in [0.15, 0.2) is 8.32 Å². The average molecular weight is 505 g/mol. The van der Waals surface area contributed by atoms with Crippen LogP contribution in [0.1, 0.15) is 55.9 Å². The van der Waals surface area contributed by atoms with Crippen molar-refractivity contribution < 1.29 is 22.7 Å². The van der Waals surface area contributed by atoms with Crippen LogP contribution >= 0.6 is 15.9 Å². The highest BCUT2D eigenvalue weighted by Gasteiger charge is 2.37. The third-order valence-corrected chi connectivity index (χ3v) is 10.4. The number of aryl methyl sites for hydroxylation is 1. The van der Waals surface area contributed by atoms with E-state index in [0.717, 1.165) is 6.07 Å². The molecule has 1 unspecified atom stereocenters. The minimum atomic E-state index is -4.55. The van der Waals surface area contributed by atoms with Crippen molar-refractivity contribution in [1.82, 2.24) is 9.97 Å². The van der Waals surface area contributed by atoms with Crippen LogP contribution in [0.15, 0.2) is 34.9 Å². The van der Waals surface area contributed by atoms with Crippen molar-refractivity contribution in [2.24, 2.45) is 0 Å². The van der Waals surface area contributed by atoms with Gasteiger partial charge in [-0.25, -0.2) is 9.97 Å². The van der Waals surface area contributed by atoms with Crippen molar-refractivity contribution in [3.63, 3.8) is 0 Å². The first kappa shape index (κ1) is 25.0. The second-order valence-corrected chi connectivity index (χ2v) is 14.4. The van der Waals surface area contributed by atoms with Gasteiger partial charge in [-0.2, -0.15) is 13.2 Å². The van der Waals surface area contributed by atoms with Crippen LogP contribution in [0.25, 0.3) is 0 Å². The molecule has 0 bridgehead atoms. The molecule has 2 aromatic heterocycles. The van der Waals surface area contributed by atoms with Gasteiger partial charge in [-0.05, 0) is 65.1 Å². The average Bonchev–Trinajstić information content (AvgIpc) is 2.63. The van der Waals surface area contributed by atoms with Gasteiger partial charge in [-0.15, -0.1) is 0 Å². The zero-order valence-electron chi connectivity index (χ0n) is 17.8. The number of aromatic nitrogens is 2. The van der Waals surface area contributed by atoms with Gasteiger partial charge >= 0.3 is 6.18 Å². The summed E-state index contributed by atoms with van der Waals surface area (Å²) in [7, 11) is -1.94. The largest absolute Gasteiger partial charge is 0.433 e. The predicted octanol–water partition coefficient (Wildman–Crippen LogP) is 6.29. The van der Waals surface area contributed by atoms with Crippen molar-refractivity contribution in [2.75, 3.05) is 6.61 Å². The summed E-state index contributed by atoms with van der Waals surface area (Å²) in [6.07, 6.45) is -4.96. The third-order valence-electron chi connectivity index (χ3n) is 5.44. The standard InChI is InChI=1S/C21H28BrF3N2O2Si/c1-20(2,3)30(4,5)29-13-7-9-15-14(11-12-17(26-15)21(23,24)25)19(28)16-8-6-10-18(22)27-16/h6,8,10-12,19,28H,7,9,13H2,1-5H3. The lowest BCUT2D eigenvalue weighted by Gasteiger charge is -2.36. The van der Waals surface area contributed by atoms with Crippen molar-refractivity contribution in [1.29, 1.82) is 0 Å². The first-order valence-corrected chi connectivity index (χ1v) is 13.4. The lowest BCUT2D eigenvalue weighted by atomic mass is 10.0. The second-order valence-electron chi connectivity index (χ2n) is 8.73. The molecule has 0 aromatic carbocycles. The Balaban J connectivity index is 2.24. The van der Waals surface area contributed by atoms with Crippen molar-refractivity contribution in [2.45, 2.75) is 64.0 Å². The maximum absolute atomic E-state index is 13.2. The van der Waals surface area contributed by atoms with E-state index in [0.29, 0.717) is 28.9 Å². The Morgan fingerprint density at radius 1 is 1.10 bits per heavy atom. The molecule has 0 aliphatic carbocycles. The van der Waals surface area contributed by atoms with E-state index in [2.05, 4.69) is 59.8 Å². The summed E-state index contributed by atoms with van der Waals surface area (Å²) in [6, 6.07) is 7.22. The Bertz CT molecular complexity index is 870. The van der Waals surface area contributed by atoms with Crippen LogP contribution in [0, 0.1) is 0 Å². The number of alkyl halides is 3. The van der Waals surface area contributed by atoms with Crippen molar-refractivity contribution in [3.05, 3.63) is 57.6 Å². The molecule has 166 valence electrons. The molecule has 0 radical (unpaired) electrons. The van der Waals surface area contributed by atoms with Gasteiger partial charge < -0.3 is 9.53 Å². The van der Waals surface area contributed by atoms with E-state index in [1.54, 1.807) is 18.2 Å². The molecule has 2 rings (SSSR count). The highest BCUT2D eigenvalue weighted by Crippen LogP contribution is 2.37. The molecule has 0 amide bonds. The summed E-state index contributed by atoms with van der Waals surface area (Å²) in [6.45, 7) is 11.1. The van der Waals surface area contributed by atoms with Gasteiger partial charge in [0.05, 0.1) is 5.69 Å². The van der Waals surface area contributed by atoms with Crippen LogP contribution in [0.3, 0.4) is 0 Å². The van der Waals surface area contributed by atoms with Crippen LogP contribution in [0.4, 0.5) is 13.2 Å². The van der Waals surface area contributed by atoms with Gasteiger partial charge in [0.1, 0.15) is 16.4 Å². The van der Waals surface area contributed by atoms with Crippen molar-refractivity contribution in [3.8, 4) is 0 Å². The normalized spacial score (nSPS) is 14.1. The first-order chi connectivity index (χ1) is 13.7. The summed E-state index contributed by atoms with van der Waals surface area (Å²) in [5.41, 5.74) is -0.107. The highest BCUT2D eigenvalue weighted by atomic mass is 79.9. The maximum Gasteiger partial charge on any atom is 0.433 e. The molecule has 0 aliphatic rings. The summed E-state index contributed by atoms with van der Waals surface area (Å²) in [5.74, 6) is 0. The van der Waals surface area contributed by atoms with E-state index in [4.69, 9.17) is 4.43 Å². The van der Waals surface area contributed by atoms with Crippen LogP contribution in [0.5, 0.6) is 0 Å². The molecule has 1 N–H and O–H groups in total. The van der Waals surface area contributed by atoms with Gasteiger partial charge in [-0.1, -0.05) is 32.9 Å². The molecule has 2 aromatic rings. The smallest absolute Gasteiger partial charge is 0.417 e. The van der Waals surface area contributed by atoms with Crippen LogP contribution in [-0.2, 0) is 17.0 Å². The summed E-state index contributed by atoms with van der Waals surface area (Å²) in [4.78, 5) is 8.04. The number of nitrogens with zero attached hydrogens (tertiary/aromatic N) is 2. The van der Waals surface area contributed by atoms with Gasteiger partial charge in [-0.3, -0.25) is 0 Å². The molecule has 0 aliphatic heterocycles. The minimum absolute atomic E-state index is 0.0508. The zero-order valence-corrected chi connectivity index (χ0v) is 20.4. The number of pyridine rings is 2. The molecule has 2 heterocycles. The number of hydrogen-bond donors (Lipinski definition) is 1. The Morgan fingerprint density at radius 3 is 2.33 bits per heavy atom. The number of hydrogen-bond acceptors (Lipinski definition) is 4. The first-order valence-electron chi connectivity index (χ1n) is 9.74. The summed E-state index contributed by atoms with van der Waals surface area (Å²) >= 11 is 3.25. The Hall–Kier alpha value is -1.29. The Labute approximate surface area is 185 Å². The highest BCUT2D eigenvalue weighted by molar-refractivity contribution is 9.10. The lowest BCUT2D eigenvalue weighted by Crippen LogP contribution is -2.41. The van der Waals surface area contributed by atoms with Gasteiger partial charge in [0, 0.05) is 17.9 Å². The molecule has 0 saturated heterocycles. The molecule has 9 heteroatoms. The van der Waals surface area contributed by atoms with Crippen LogP contribution in [0.2, 0.25) is 18.1 Å². The number of rotatable bonds is 7. The van der Waals surface area contributed by atoms with Crippen LogP contribution in [-0.4, -0.2) is 30.0 Å². The molecule has 30 heavy (non-hydrogen) atoms. The quantitative estimate of drug-likeness (QED) is 0.273. The van der Waals surface area contributed by atoms with E-state index in [-0.39, 0.29) is 17.2 Å². The third kappa shape index (κ3) is 6.35. The number of aliphatic hydroxyl groups excluding tert-OH is 1. The fourth-order valence-electron chi connectivity index (χ4n) is 2.64. The molecule has 0 saturated carbocycles. The fraction of sp³-hybridized carbons (Fsp3) is 0.524. The lowest BCUT2D eigenvalue weighted by molar-refractivity contribution is -0.141. The second kappa shape index (κ2) is 9.46. The summed E-state index contributed by atoms with van der Waals surface area (Å²) in [5, 5.41) is 10.8. The zero-order chi connectivity index (χ0) is 22.7. The Kier molecular flexibility index (Phi) is 7.87. The molecule has 1 atom stereocenters. The summed E-state index contributed by atoms with van der Waals surface area (Å²) < 4.78 is 46.2. The SMILES string of the molecule is CC(C)(C)[Si](C)(C)OCCCc1nc(C(F)(F)F)ccc1C(O)c1cccc(Br)n1. The van der Waals surface area contributed by atoms with Crippen LogP contribution < -0.4 is 0 Å².